The molecule has 16 heavy (non-hydrogen) atoms. The van der Waals surface area contributed by atoms with E-state index >= 15 is 0 Å². The molecule has 0 aromatic heterocycles. The zero-order valence-electron chi connectivity index (χ0n) is 8.59. The Morgan fingerprint density at radius 3 is 2.81 bits per heavy atom. The smallest absolute Gasteiger partial charge is 0.275 e. The van der Waals surface area contributed by atoms with Gasteiger partial charge in [0.25, 0.3) is 5.69 Å². The topological polar surface area (TPSA) is 69.4 Å². The number of hydrogen-bond donors (Lipinski definition) is 0. The van der Waals surface area contributed by atoms with Gasteiger partial charge < -0.3 is 4.74 Å². The lowest BCUT2D eigenvalue weighted by Gasteiger charge is -2.21. The highest BCUT2D eigenvalue weighted by Crippen LogP contribution is 2.32. The molecule has 0 amide bonds. The molecule has 1 aliphatic heterocycles. The van der Waals surface area contributed by atoms with Crippen LogP contribution in [0.2, 0.25) is 0 Å². The minimum absolute atomic E-state index is 0.0159. The number of carbonyl (C=O) groups excluding carboxylic acids is 1. The Hall–Kier alpha value is -1.75. The molecule has 1 heterocycles. The summed E-state index contributed by atoms with van der Waals surface area (Å²) in [7, 11) is 0. The average Bonchev–Trinajstić information content (AvgIpc) is 2.29. The third-order valence-electron chi connectivity index (χ3n) is 2.59. The Bertz CT molecular complexity index is 430. The Kier molecular flexibility index (Phi) is 2.96. The van der Waals surface area contributed by atoms with Gasteiger partial charge >= 0.3 is 0 Å². The van der Waals surface area contributed by atoms with Gasteiger partial charge in [-0.2, -0.15) is 0 Å². The standard InChI is InChI=1S/C11H11NO4/c13-8-5-6-16-11(7-8)9-3-1-2-4-10(9)12(14)15/h1-4,11H,5-7H2. The summed E-state index contributed by atoms with van der Waals surface area (Å²) in [4.78, 5) is 21.6. The first kappa shape index (κ1) is 10.8. The summed E-state index contributed by atoms with van der Waals surface area (Å²) in [5, 5.41) is 10.8. The molecule has 1 fully saturated rings. The van der Waals surface area contributed by atoms with Gasteiger partial charge in [-0.05, 0) is 6.07 Å². The van der Waals surface area contributed by atoms with Crippen LogP contribution in [0.1, 0.15) is 24.5 Å². The fraction of sp³-hybridized carbons (Fsp3) is 0.364. The molecule has 5 heteroatoms. The first-order valence-corrected chi connectivity index (χ1v) is 5.05. The molecule has 0 saturated carbocycles. The quantitative estimate of drug-likeness (QED) is 0.565. The Morgan fingerprint density at radius 2 is 2.12 bits per heavy atom. The van der Waals surface area contributed by atoms with Crippen molar-refractivity contribution in [3.63, 3.8) is 0 Å². The number of Topliss-reactive ketones (excluding diaryl/α,β-unsaturated/α-hetero) is 1. The molecular formula is C11H11NO4. The van der Waals surface area contributed by atoms with Crippen LogP contribution in [0.5, 0.6) is 0 Å². The molecule has 0 N–H and O–H groups in total. The van der Waals surface area contributed by atoms with Crippen LogP contribution < -0.4 is 0 Å². The highest BCUT2D eigenvalue weighted by atomic mass is 16.6. The van der Waals surface area contributed by atoms with Crippen molar-refractivity contribution >= 4 is 11.5 Å². The molecule has 0 spiro atoms. The second kappa shape index (κ2) is 4.40. The molecule has 1 aromatic carbocycles. The fourth-order valence-corrected chi connectivity index (χ4v) is 1.81. The third kappa shape index (κ3) is 2.09. The van der Waals surface area contributed by atoms with Gasteiger partial charge in [0.1, 0.15) is 5.78 Å². The lowest BCUT2D eigenvalue weighted by molar-refractivity contribution is -0.386. The molecule has 5 nitrogen and oxygen atoms in total. The van der Waals surface area contributed by atoms with E-state index in [-0.39, 0.29) is 17.9 Å². The number of para-hydroxylation sites is 1. The van der Waals surface area contributed by atoms with E-state index in [2.05, 4.69) is 0 Å². The van der Waals surface area contributed by atoms with Crippen molar-refractivity contribution in [2.24, 2.45) is 0 Å². The summed E-state index contributed by atoms with van der Waals surface area (Å²) < 4.78 is 5.40. The second-order valence-electron chi connectivity index (χ2n) is 3.67. The number of rotatable bonds is 2. The van der Waals surface area contributed by atoms with Crippen LogP contribution in [0.4, 0.5) is 5.69 Å². The summed E-state index contributed by atoms with van der Waals surface area (Å²) in [5.74, 6) is 0.0920. The maximum Gasteiger partial charge on any atom is 0.275 e. The van der Waals surface area contributed by atoms with Gasteiger partial charge in [-0.3, -0.25) is 14.9 Å². The fourth-order valence-electron chi connectivity index (χ4n) is 1.81. The zero-order valence-corrected chi connectivity index (χ0v) is 8.59. The minimum Gasteiger partial charge on any atom is -0.372 e. The molecule has 1 atom stereocenters. The van der Waals surface area contributed by atoms with Gasteiger partial charge in [0.2, 0.25) is 0 Å². The number of benzene rings is 1. The Morgan fingerprint density at radius 1 is 1.38 bits per heavy atom. The van der Waals surface area contributed by atoms with E-state index in [1.54, 1.807) is 18.2 Å². The van der Waals surface area contributed by atoms with Gasteiger partial charge in [0, 0.05) is 18.9 Å². The minimum atomic E-state index is -0.470. The molecule has 84 valence electrons. The monoisotopic (exact) mass is 221 g/mol. The van der Waals surface area contributed by atoms with Crippen LogP contribution in [0.3, 0.4) is 0 Å². The van der Waals surface area contributed by atoms with E-state index in [4.69, 9.17) is 4.74 Å². The molecule has 1 saturated heterocycles. The predicted octanol–water partition coefficient (Wildman–Crippen LogP) is 2.02. The van der Waals surface area contributed by atoms with Crippen LogP contribution in [0.25, 0.3) is 0 Å². The summed E-state index contributed by atoms with van der Waals surface area (Å²) >= 11 is 0. The Balaban J connectivity index is 2.32. The normalized spacial score (nSPS) is 20.8. The number of ketones is 1. The lowest BCUT2D eigenvalue weighted by atomic mass is 9.99. The van der Waals surface area contributed by atoms with Gasteiger partial charge in [0.05, 0.1) is 23.2 Å². The van der Waals surface area contributed by atoms with E-state index in [0.717, 1.165) is 0 Å². The second-order valence-corrected chi connectivity index (χ2v) is 3.67. The van der Waals surface area contributed by atoms with E-state index in [0.29, 0.717) is 18.6 Å². The summed E-state index contributed by atoms with van der Waals surface area (Å²) in [6.07, 6.45) is 0.157. The van der Waals surface area contributed by atoms with Gasteiger partial charge in [-0.1, -0.05) is 12.1 Å². The van der Waals surface area contributed by atoms with E-state index in [1.165, 1.54) is 6.07 Å². The van der Waals surface area contributed by atoms with Crippen LogP contribution >= 0.6 is 0 Å². The highest BCUT2D eigenvalue weighted by Gasteiger charge is 2.27. The Labute approximate surface area is 92.2 Å². The molecule has 0 aliphatic carbocycles. The number of ether oxygens (including phenoxy) is 1. The van der Waals surface area contributed by atoms with Crippen molar-refractivity contribution in [3.05, 3.63) is 39.9 Å². The number of nitro benzene ring substituents is 1. The number of nitro groups is 1. The first-order chi connectivity index (χ1) is 7.68. The van der Waals surface area contributed by atoms with Crippen molar-refractivity contribution in [3.8, 4) is 0 Å². The van der Waals surface area contributed by atoms with Gasteiger partial charge in [0.15, 0.2) is 0 Å². The van der Waals surface area contributed by atoms with E-state index in [9.17, 15) is 14.9 Å². The van der Waals surface area contributed by atoms with Crippen molar-refractivity contribution in [1.82, 2.24) is 0 Å². The van der Waals surface area contributed by atoms with Crippen LogP contribution in [-0.4, -0.2) is 17.3 Å². The van der Waals surface area contributed by atoms with Crippen molar-refractivity contribution in [2.75, 3.05) is 6.61 Å². The lowest BCUT2D eigenvalue weighted by Crippen LogP contribution is -2.20. The maximum absolute atomic E-state index is 11.3. The van der Waals surface area contributed by atoms with Crippen molar-refractivity contribution in [2.45, 2.75) is 18.9 Å². The molecule has 1 aromatic rings. The molecular weight excluding hydrogens is 210 g/mol. The highest BCUT2D eigenvalue weighted by molar-refractivity contribution is 5.80. The molecule has 2 rings (SSSR count). The molecule has 0 radical (unpaired) electrons. The number of carbonyl (C=O) groups is 1. The van der Waals surface area contributed by atoms with Crippen molar-refractivity contribution in [1.29, 1.82) is 0 Å². The summed E-state index contributed by atoms with van der Waals surface area (Å²) in [5.41, 5.74) is 0.503. The zero-order chi connectivity index (χ0) is 11.5. The number of hydrogen-bond acceptors (Lipinski definition) is 4. The third-order valence-corrected chi connectivity index (χ3v) is 2.59. The van der Waals surface area contributed by atoms with Gasteiger partial charge in [-0.15, -0.1) is 0 Å². The SMILES string of the molecule is O=C1CCOC(c2ccccc2[N+](=O)[O-])C1. The largest absolute Gasteiger partial charge is 0.372 e. The van der Waals surface area contributed by atoms with Crippen LogP contribution in [0.15, 0.2) is 24.3 Å². The summed E-state index contributed by atoms with van der Waals surface area (Å²) in [6.45, 7) is 0.343. The predicted molar refractivity (Wildman–Crippen MR) is 56.0 cm³/mol. The van der Waals surface area contributed by atoms with Gasteiger partial charge in [-0.25, -0.2) is 0 Å². The van der Waals surface area contributed by atoms with Crippen LogP contribution in [-0.2, 0) is 9.53 Å². The van der Waals surface area contributed by atoms with E-state index in [1.807, 2.05) is 0 Å². The molecule has 0 bridgehead atoms. The van der Waals surface area contributed by atoms with Crippen LogP contribution in [0, 0.1) is 10.1 Å². The number of nitrogens with zero attached hydrogens (tertiary/aromatic N) is 1. The average molecular weight is 221 g/mol. The van der Waals surface area contributed by atoms with E-state index < -0.39 is 11.0 Å². The molecule has 1 unspecified atom stereocenters. The first-order valence-electron chi connectivity index (χ1n) is 5.05. The molecule has 1 aliphatic rings. The summed E-state index contributed by atoms with van der Waals surface area (Å²) in [6, 6.07) is 6.39. The maximum atomic E-state index is 11.3. The van der Waals surface area contributed by atoms with Crippen molar-refractivity contribution < 1.29 is 14.5 Å².